The molecule has 1 saturated heterocycles. The molecule has 0 bridgehead atoms. The molecule has 0 radical (unpaired) electrons. The molecular weight excluding hydrogens is 301 g/mol. The van der Waals surface area contributed by atoms with Crippen molar-refractivity contribution in [3.8, 4) is 0 Å². The molecule has 1 fully saturated rings. The van der Waals surface area contributed by atoms with Crippen LogP contribution in [0.1, 0.15) is 25.3 Å². The van der Waals surface area contributed by atoms with Crippen molar-refractivity contribution in [3.63, 3.8) is 0 Å². The average Bonchev–Trinajstić information content (AvgIpc) is 2.38. The largest absolute Gasteiger partial charge is 0.451 e. The van der Waals surface area contributed by atoms with Gasteiger partial charge in [-0.3, -0.25) is 9.59 Å². The predicted octanol–water partition coefficient (Wildman–Crippen LogP) is 2.95. The summed E-state index contributed by atoms with van der Waals surface area (Å²) in [5, 5.41) is 3.76. The molecule has 108 valence electrons. The Balaban J connectivity index is 1.90. The number of cyclic esters (lactones) is 1. The van der Waals surface area contributed by atoms with Crippen LogP contribution < -0.4 is 5.32 Å². The van der Waals surface area contributed by atoms with Crippen molar-refractivity contribution < 1.29 is 14.3 Å². The van der Waals surface area contributed by atoms with Crippen LogP contribution >= 0.6 is 23.2 Å². The van der Waals surface area contributed by atoms with Gasteiger partial charge in [-0.25, -0.2) is 0 Å². The Labute approximate surface area is 127 Å². The number of hydrogen-bond donors (Lipinski definition) is 1. The number of carbonyl (C=O) groups excluding carboxylic acids is 2. The number of nitrogens with one attached hydrogen (secondary N) is 1. The van der Waals surface area contributed by atoms with E-state index >= 15 is 0 Å². The first-order valence-electron chi connectivity index (χ1n) is 6.44. The van der Waals surface area contributed by atoms with Crippen molar-refractivity contribution in [2.45, 2.75) is 32.4 Å². The number of carbonyl (C=O) groups is 2. The summed E-state index contributed by atoms with van der Waals surface area (Å²) in [5.74, 6) is -0.889. The fourth-order valence-electron chi connectivity index (χ4n) is 2.17. The van der Waals surface area contributed by atoms with E-state index in [1.165, 1.54) is 0 Å². The molecule has 0 aromatic heterocycles. The predicted molar refractivity (Wildman–Crippen MR) is 76.6 cm³/mol. The monoisotopic (exact) mass is 315 g/mol. The van der Waals surface area contributed by atoms with E-state index in [-0.39, 0.29) is 17.8 Å². The summed E-state index contributed by atoms with van der Waals surface area (Å²) in [5.41, 5.74) is 0.800. The van der Waals surface area contributed by atoms with Crippen molar-refractivity contribution in [1.82, 2.24) is 5.32 Å². The summed E-state index contributed by atoms with van der Waals surface area (Å²) in [4.78, 5) is 23.2. The highest BCUT2D eigenvalue weighted by Crippen LogP contribution is 2.27. The van der Waals surface area contributed by atoms with Gasteiger partial charge in [-0.15, -0.1) is 0 Å². The van der Waals surface area contributed by atoms with Crippen LogP contribution in [0.3, 0.4) is 0 Å². The first-order valence-corrected chi connectivity index (χ1v) is 7.20. The third kappa shape index (κ3) is 3.44. The molecule has 20 heavy (non-hydrogen) atoms. The number of ether oxygens (including phenoxy) is 1. The van der Waals surface area contributed by atoms with Crippen LogP contribution in [-0.4, -0.2) is 18.0 Å². The summed E-state index contributed by atoms with van der Waals surface area (Å²) in [6.07, 6.45) is 0.838. The van der Waals surface area contributed by atoms with Crippen molar-refractivity contribution >= 4 is 35.1 Å². The lowest BCUT2D eigenvalue weighted by Gasteiger charge is -2.33. The first kappa shape index (κ1) is 15.1. The fourth-order valence-corrected chi connectivity index (χ4v) is 2.74. The molecule has 1 aliphatic heterocycles. The molecule has 2 rings (SSSR count). The van der Waals surface area contributed by atoms with Crippen molar-refractivity contribution in [2.24, 2.45) is 5.92 Å². The van der Waals surface area contributed by atoms with Gasteiger partial charge in [-0.1, -0.05) is 36.5 Å². The SMILES string of the molecule is CCCC1C(=O)O[C@H]1C(=O)NCc1cc(Cl)cc(Cl)c1. The highest BCUT2D eigenvalue weighted by Gasteiger charge is 2.46. The van der Waals surface area contributed by atoms with Gasteiger partial charge < -0.3 is 10.1 Å². The van der Waals surface area contributed by atoms with E-state index in [0.29, 0.717) is 23.0 Å². The number of amides is 1. The molecule has 1 aliphatic rings. The van der Waals surface area contributed by atoms with Gasteiger partial charge in [0.25, 0.3) is 5.91 Å². The zero-order valence-corrected chi connectivity index (χ0v) is 12.5. The van der Waals surface area contributed by atoms with Gasteiger partial charge in [0.2, 0.25) is 0 Å². The van der Waals surface area contributed by atoms with Gasteiger partial charge in [0.1, 0.15) is 5.92 Å². The molecule has 1 heterocycles. The zero-order valence-electron chi connectivity index (χ0n) is 11.0. The topological polar surface area (TPSA) is 55.4 Å². The van der Waals surface area contributed by atoms with Crippen LogP contribution in [0.2, 0.25) is 10.0 Å². The normalized spacial score (nSPS) is 21.1. The van der Waals surface area contributed by atoms with Crippen LogP contribution in [0, 0.1) is 5.92 Å². The molecule has 0 aliphatic carbocycles. The van der Waals surface area contributed by atoms with Crippen molar-refractivity contribution in [2.75, 3.05) is 0 Å². The average molecular weight is 316 g/mol. The maximum Gasteiger partial charge on any atom is 0.314 e. The Morgan fingerprint density at radius 3 is 2.50 bits per heavy atom. The minimum absolute atomic E-state index is 0.279. The van der Waals surface area contributed by atoms with Crippen LogP contribution in [-0.2, 0) is 20.9 Å². The summed E-state index contributed by atoms with van der Waals surface area (Å²) < 4.78 is 4.90. The lowest BCUT2D eigenvalue weighted by molar-refractivity contribution is -0.189. The summed E-state index contributed by atoms with van der Waals surface area (Å²) in [6, 6.07) is 5.08. The van der Waals surface area contributed by atoms with Gasteiger partial charge in [0.15, 0.2) is 6.10 Å². The van der Waals surface area contributed by atoms with Crippen LogP contribution in [0.5, 0.6) is 0 Å². The van der Waals surface area contributed by atoms with E-state index in [1.807, 2.05) is 6.92 Å². The third-order valence-corrected chi connectivity index (χ3v) is 3.59. The Kier molecular flexibility index (Phi) is 4.89. The van der Waals surface area contributed by atoms with E-state index in [4.69, 9.17) is 27.9 Å². The Bertz CT molecular complexity index is 513. The maximum absolute atomic E-state index is 11.9. The van der Waals surface area contributed by atoms with Gasteiger partial charge in [-0.2, -0.15) is 0 Å². The molecule has 2 atom stereocenters. The molecule has 0 spiro atoms. The van der Waals surface area contributed by atoms with Crippen molar-refractivity contribution in [1.29, 1.82) is 0 Å². The Morgan fingerprint density at radius 2 is 1.95 bits per heavy atom. The number of halogens is 2. The van der Waals surface area contributed by atoms with Gasteiger partial charge >= 0.3 is 5.97 Å². The van der Waals surface area contributed by atoms with Crippen LogP contribution in [0.25, 0.3) is 0 Å². The lowest BCUT2D eigenvalue weighted by atomic mass is 9.91. The van der Waals surface area contributed by atoms with E-state index in [1.54, 1.807) is 18.2 Å². The molecule has 1 unspecified atom stereocenters. The third-order valence-electron chi connectivity index (χ3n) is 3.16. The Morgan fingerprint density at radius 1 is 1.30 bits per heavy atom. The van der Waals surface area contributed by atoms with E-state index in [9.17, 15) is 9.59 Å². The first-order chi connectivity index (χ1) is 9.51. The second-order valence-corrected chi connectivity index (χ2v) is 5.62. The second-order valence-electron chi connectivity index (χ2n) is 4.75. The summed E-state index contributed by atoms with van der Waals surface area (Å²) in [6.45, 7) is 2.26. The zero-order chi connectivity index (χ0) is 14.7. The number of rotatable bonds is 5. The van der Waals surface area contributed by atoms with E-state index in [0.717, 1.165) is 12.0 Å². The smallest absolute Gasteiger partial charge is 0.314 e. The lowest BCUT2D eigenvalue weighted by Crippen LogP contribution is -2.53. The number of hydrogen-bond acceptors (Lipinski definition) is 3. The molecule has 1 aromatic carbocycles. The van der Waals surface area contributed by atoms with E-state index in [2.05, 4.69) is 5.32 Å². The molecule has 6 heteroatoms. The van der Waals surface area contributed by atoms with Crippen LogP contribution in [0.4, 0.5) is 0 Å². The highest BCUT2D eigenvalue weighted by atomic mass is 35.5. The molecular formula is C14H15Cl2NO3. The summed E-state index contributed by atoms with van der Waals surface area (Å²) in [7, 11) is 0. The van der Waals surface area contributed by atoms with Gasteiger partial charge in [0, 0.05) is 16.6 Å². The minimum atomic E-state index is -0.669. The Hall–Kier alpha value is -1.26. The summed E-state index contributed by atoms with van der Waals surface area (Å²) >= 11 is 11.8. The number of benzene rings is 1. The number of esters is 1. The van der Waals surface area contributed by atoms with Crippen molar-refractivity contribution in [3.05, 3.63) is 33.8 Å². The van der Waals surface area contributed by atoms with Gasteiger partial charge in [0.05, 0.1) is 0 Å². The second kappa shape index (κ2) is 6.46. The van der Waals surface area contributed by atoms with E-state index < -0.39 is 6.10 Å². The fraction of sp³-hybridized carbons (Fsp3) is 0.429. The molecule has 1 aromatic rings. The van der Waals surface area contributed by atoms with Crippen LogP contribution in [0.15, 0.2) is 18.2 Å². The molecule has 1 amide bonds. The standard InChI is InChI=1S/C14H15Cl2NO3/c1-2-3-11-12(20-14(11)19)13(18)17-7-8-4-9(15)6-10(16)5-8/h4-6,11-12H,2-3,7H2,1H3,(H,17,18)/t11?,12-/m1/s1. The molecule has 1 N–H and O–H groups in total. The molecule has 0 saturated carbocycles. The van der Waals surface area contributed by atoms with Gasteiger partial charge in [-0.05, 0) is 30.2 Å². The maximum atomic E-state index is 11.9. The molecule has 4 nitrogen and oxygen atoms in total. The minimum Gasteiger partial charge on any atom is -0.451 e. The quantitative estimate of drug-likeness (QED) is 0.850. The highest BCUT2D eigenvalue weighted by molar-refractivity contribution is 6.34.